The predicted octanol–water partition coefficient (Wildman–Crippen LogP) is 6.89. The fourth-order valence-electron chi connectivity index (χ4n) is 2.61. The molecule has 0 aliphatic heterocycles. The summed E-state index contributed by atoms with van der Waals surface area (Å²) >= 11 is 0. The Kier molecular flexibility index (Phi) is 17.1. The van der Waals surface area contributed by atoms with E-state index in [1.165, 1.54) is 76.3 Å². The van der Waals surface area contributed by atoms with Crippen LogP contribution in [0.3, 0.4) is 0 Å². The first-order valence-corrected chi connectivity index (χ1v) is 9.94. The summed E-state index contributed by atoms with van der Waals surface area (Å²) in [5.41, 5.74) is 4.49. The zero-order chi connectivity index (χ0) is 17.9. The second kappa shape index (κ2) is 18.1. The van der Waals surface area contributed by atoms with Crippen LogP contribution in [-0.2, 0) is 0 Å². The first-order chi connectivity index (χ1) is 11.7. The molecule has 0 amide bonds. The maximum absolute atomic E-state index is 4.42. The van der Waals surface area contributed by atoms with E-state index in [9.17, 15) is 0 Å². The Hall–Kier alpha value is -1.27. The summed E-state index contributed by atoms with van der Waals surface area (Å²) in [6.45, 7) is 4.37. The van der Waals surface area contributed by atoms with Gasteiger partial charge in [0.25, 0.3) is 0 Å². The van der Waals surface area contributed by atoms with Crippen molar-refractivity contribution in [3.05, 3.63) is 30.0 Å². The third-order valence-electron chi connectivity index (χ3n) is 3.93. The second-order valence-corrected chi connectivity index (χ2v) is 6.80. The van der Waals surface area contributed by atoms with Crippen LogP contribution in [0.1, 0.15) is 90.9 Å². The molecule has 0 aliphatic rings. The Labute approximate surface area is 151 Å². The van der Waals surface area contributed by atoms with Gasteiger partial charge in [-0.3, -0.25) is 0 Å². The lowest BCUT2D eigenvalue weighted by atomic mass is 10.1. The van der Waals surface area contributed by atoms with Gasteiger partial charge < -0.3 is 5.01 Å². The monoisotopic (exact) mass is 332 g/mol. The number of nitrogens with zero attached hydrogens (tertiary/aromatic N) is 2. The molecule has 0 spiro atoms. The number of hydrogen-bond acceptors (Lipinski definition) is 2. The van der Waals surface area contributed by atoms with Crippen LogP contribution in [0, 0.1) is 0 Å². The predicted molar refractivity (Wildman–Crippen MR) is 110 cm³/mol. The fraction of sp³-hybridized carbons (Fsp3) is 0.727. The van der Waals surface area contributed by atoms with E-state index in [4.69, 9.17) is 0 Å². The van der Waals surface area contributed by atoms with Gasteiger partial charge in [-0.25, -0.2) is 0 Å². The van der Waals surface area contributed by atoms with E-state index < -0.39 is 0 Å². The maximum atomic E-state index is 4.42. The Morgan fingerprint density at radius 3 is 2.29 bits per heavy atom. The van der Waals surface area contributed by atoms with Gasteiger partial charge in [-0.05, 0) is 57.6 Å². The quantitative estimate of drug-likeness (QED) is 0.105. The van der Waals surface area contributed by atoms with Gasteiger partial charge in [-0.2, -0.15) is 5.10 Å². The molecule has 2 nitrogen and oxygen atoms in total. The van der Waals surface area contributed by atoms with E-state index in [0.717, 1.165) is 6.42 Å². The van der Waals surface area contributed by atoms with E-state index in [1.807, 2.05) is 25.2 Å². The highest BCUT2D eigenvalue weighted by molar-refractivity contribution is 5.81. The van der Waals surface area contributed by atoms with E-state index in [2.05, 4.69) is 42.9 Å². The van der Waals surface area contributed by atoms with Crippen molar-refractivity contribution >= 4 is 5.71 Å². The standard InChI is InChI=1S/C22H40N2/c1-5-6-7-8-9-10-11-12-13-14-15-16-17-18-19-20-21-22(2)23-24(3)4/h9,11-13H,5-8,14-21H2,1-4H3/b13-12-,23-22?. The molecular formula is C22H40N2. The van der Waals surface area contributed by atoms with E-state index >= 15 is 0 Å². The lowest BCUT2D eigenvalue weighted by molar-refractivity contribution is 0.435. The molecule has 24 heavy (non-hydrogen) atoms. The Morgan fingerprint density at radius 1 is 0.917 bits per heavy atom. The van der Waals surface area contributed by atoms with Crippen molar-refractivity contribution in [1.29, 1.82) is 0 Å². The third-order valence-corrected chi connectivity index (χ3v) is 3.93. The Balaban J connectivity index is 3.39. The molecule has 0 aromatic heterocycles. The van der Waals surface area contributed by atoms with Crippen LogP contribution in [0.15, 0.2) is 35.1 Å². The third kappa shape index (κ3) is 18.8. The Morgan fingerprint density at radius 2 is 1.58 bits per heavy atom. The number of hydrogen-bond donors (Lipinski definition) is 0. The van der Waals surface area contributed by atoms with Crippen molar-refractivity contribution in [3.63, 3.8) is 0 Å². The summed E-state index contributed by atoms with van der Waals surface area (Å²) in [5.74, 6) is 0. The number of hydrazone groups is 1. The van der Waals surface area contributed by atoms with Crippen LogP contribution in [0.5, 0.6) is 0 Å². The molecule has 0 heterocycles. The molecule has 0 rings (SSSR count). The molecule has 0 fully saturated rings. The van der Waals surface area contributed by atoms with Crippen molar-refractivity contribution in [1.82, 2.24) is 5.01 Å². The minimum atomic E-state index is 1.14. The van der Waals surface area contributed by atoms with Crippen molar-refractivity contribution < 1.29 is 0 Å². The molecule has 0 atom stereocenters. The Bertz CT molecular complexity index is 385. The van der Waals surface area contributed by atoms with E-state index in [0.29, 0.717) is 0 Å². The number of rotatable bonds is 15. The number of unbranched alkanes of at least 4 members (excludes halogenated alkanes) is 9. The van der Waals surface area contributed by atoms with Crippen LogP contribution < -0.4 is 0 Å². The average Bonchev–Trinajstić information content (AvgIpc) is 2.53. The van der Waals surface area contributed by atoms with Crippen LogP contribution in [0.4, 0.5) is 0 Å². The molecule has 0 bridgehead atoms. The fourth-order valence-corrected chi connectivity index (χ4v) is 2.61. The molecular weight excluding hydrogens is 292 g/mol. The smallest absolute Gasteiger partial charge is 0.0349 e. The van der Waals surface area contributed by atoms with Gasteiger partial charge >= 0.3 is 0 Å². The molecule has 2 heteroatoms. The van der Waals surface area contributed by atoms with Crippen molar-refractivity contribution in [2.45, 2.75) is 90.9 Å². The highest BCUT2D eigenvalue weighted by Crippen LogP contribution is 2.09. The van der Waals surface area contributed by atoms with Gasteiger partial charge in [-0.15, -0.1) is 5.73 Å². The molecule has 0 saturated carbocycles. The highest BCUT2D eigenvalue weighted by atomic mass is 15.4. The second-order valence-electron chi connectivity index (χ2n) is 6.80. The van der Waals surface area contributed by atoms with Gasteiger partial charge in [0.05, 0.1) is 0 Å². The van der Waals surface area contributed by atoms with Crippen LogP contribution >= 0.6 is 0 Å². The molecule has 0 aromatic carbocycles. The number of allylic oxidation sites excluding steroid dienone is 3. The average molecular weight is 333 g/mol. The van der Waals surface area contributed by atoms with Crippen LogP contribution in [0.25, 0.3) is 0 Å². The zero-order valence-corrected chi connectivity index (χ0v) is 16.7. The van der Waals surface area contributed by atoms with Crippen molar-refractivity contribution in [2.24, 2.45) is 5.10 Å². The van der Waals surface area contributed by atoms with Crippen molar-refractivity contribution in [2.75, 3.05) is 14.1 Å². The summed E-state index contributed by atoms with van der Waals surface area (Å²) < 4.78 is 0. The topological polar surface area (TPSA) is 15.6 Å². The molecule has 0 saturated heterocycles. The van der Waals surface area contributed by atoms with E-state index in [-0.39, 0.29) is 0 Å². The molecule has 0 N–H and O–H groups in total. The lowest BCUT2D eigenvalue weighted by Gasteiger charge is -2.07. The first kappa shape index (κ1) is 22.7. The van der Waals surface area contributed by atoms with Gasteiger partial charge in [-0.1, -0.05) is 57.6 Å². The molecule has 0 aliphatic carbocycles. The van der Waals surface area contributed by atoms with Gasteiger partial charge in [0.1, 0.15) is 0 Å². The normalized spacial score (nSPS) is 11.6. The van der Waals surface area contributed by atoms with Crippen molar-refractivity contribution in [3.8, 4) is 0 Å². The molecule has 138 valence electrons. The van der Waals surface area contributed by atoms with Gasteiger partial charge in [0.2, 0.25) is 0 Å². The summed E-state index contributed by atoms with van der Waals surface area (Å²) in [6.07, 6.45) is 24.0. The first-order valence-electron chi connectivity index (χ1n) is 9.94. The molecule has 0 radical (unpaired) electrons. The SMILES string of the molecule is CCCCCC=C=C/C=C\CCCCCCCCC(C)=NN(C)C. The summed E-state index contributed by atoms with van der Waals surface area (Å²) in [7, 11) is 3.97. The zero-order valence-electron chi connectivity index (χ0n) is 16.7. The summed E-state index contributed by atoms with van der Waals surface area (Å²) in [5, 5.41) is 6.31. The minimum Gasteiger partial charge on any atom is -0.303 e. The van der Waals surface area contributed by atoms with Crippen LogP contribution in [-0.4, -0.2) is 24.8 Å². The molecule has 0 aromatic rings. The van der Waals surface area contributed by atoms with Crippen LogP contribution in [0.2, 0.25) is 0 Å². The van der Waals surface area contributed by atoms with Gasteiger partial charge in [0, 0.05) is 19.8 Å². The lowest BCUT2D eigenvalue weighted by Crippen LogP contribution is -2.06. The van der Waals surface area contributed by atoms with E-state index in [1.54, 1.807) is 0 Å². The summed E-state index contributed by atoms with van der Waals surface area (Å²) in [6, 6.07) is 0. The summed E-state index contributed by atoms with van der Waals surface area (Å²) in [4.78, 5) is 0. The highest BCUT2D eigenvalue weighted by Gasteiger charge is 1.94. The maximum Gasteiger partial charge on any atom is 0.0349 e. The molecule has 0 unspecified atom stereocenters. The van der Waals surface area contributed by atoms with Gasteiger partial charge in [0.15, 0.2) is 0 Å². The largest absolute Gasteiger partial charge is 0.303 e. The minimum absolute atomic E-state index is 1.14.